The molecule has 0 N–H and O–H groups in total. The van der Waals surface area contributed by atoms with Crippen LogP contribution in [0.1, 0.15) is 4.88 Å². The summed E-state index contributed by atoms with van der Waals surface area (Å²) in [6.45, 7) is 1.94. The molecule has 0 fully saturated rings. The van der Waals surface area contributed by atoms with Crippen LogP contribution in [0.15, 0.2) is 17.3 Å². The maximum Gasteiger partial charge on any atom is 0.160 e. The standard InChI is InChI=1S/C5H5NOS/c1-4-2-3-5(6-7)8-4/h2-3H,1H3. The third-order valence-corrected chi connectivity index (χ3v) is 1.69. The van der Waals surface area contributed by atoms with E-state index in [1.165, 1.54) is 11.3 Å². The number of hydrogen-bond acceptors (Lipinski definition) is 3. The maximum atomic E-state index is 9.78. The minimum atomic E-state index is 0.558. The Morgan fingerprint density at radius 2 is 2.38 bits per heavy atom. The van der Waals surface area contributed by atoms with Gasteiger partial charge in [-0.15, -0.1) is 16.2 Å². The molecule has 42 valence electrons. The van der Waals surface area contributed by atoms with E-state index in [2.05, 4.69) is 5.18 Å². The van der Waals surface area contributed by atoms with E-state index < -0.39 is 0 Å². The second kappa shape index (κ2) is 2.05. The Bertz CT molecular complexity index is 194. The van der Waals surface area contributed by atoms with Crippen molar-refractivity contribution in [1.29, 1.82) is 0 Å². The van der Waals surface area contributed by atoms with Gasteiger partial charge < -0.3 is 0 Å². The third kappa shape index (κ3) is 0.924. The molecule has 0 aromatic carbocycles. The molecule has 0 aliphatic carbocycles. The quantitative estimate of drug-likeness (QED) is 0.533. The van der Waals surface area contributed by atoms with Crippen molar-refractivity contribution in [3.63, 3.8) is 0 Å². The number of thiophene rings is 1. The summed E-state index contributed by atoms with van der Waals surface area (Å²) in [6.07, 6.45) is 0. The summed E-state index contributed by atoms with van der Waals surface area (Å²) < 4.78 is 0. The molecule has 0 unspecified atom stereocenters. The molecule has 0 aliphatic heterocycles. The fourth-order valence-electron chi connectivity index (χ4n) is 0.471. The SMILES string of the molecule is Cc1ccc(N=O)s1. The van der Waals surface area contributed by atoms with Gasteiger partial charge in [0.15, 0.2) is 5.00 Å². The molecule has 0 amide bonds. The molecule has 1 rings (SSSR count). The average Bonchev–Trinajstić information content (AvgIpc) is 2.14. The van der Waals surface area contributed by atoms with Gasteiger partial charge in [0.1, 0.15) is 0 Å². The van der Waals surface area contributed by atoms with Crippen molar-refractivity contribution in [2.24, 2.45) is 5.18 Å². The molecule has 8 heavy (non-hydrogen) atoms. The van der Waals surface area contributed by atoms with Crippen molar-refractivity contribution in [1.82, 2.24) is 0 Å². The Labute approximate surface area is 51.1 Å². The van der Waals surface area contributed by atoms with Crippen LogP contribution in [0.5, 0.6) is 0 Å². The van der Waals surface area contributed by atoms with E-state index in [1.54, 1.807) is 6.07 Å². The van der Waals surface area contributed by atoms with Crippen LogP contribution >= 0.6 is 11.3 Å². The zero-order valence-corrected chi connectivity index (χ0v) is 5.23. The molecule has 0 atom stereocenters. The molecule has 0 aliphatic rings. The largest absolute Gasteiger partial charge is 0.160 e. The molecule has 2 nitrogen and oxygen atoms in total. The lowest BCUT2D eigenvalue weighted by atomic mass is 10.5. The van der Waals surface area contributed by atoms with Gasteiger partial charge in [0.05, 0.1) is 0 Å². The summed E-state index contributed by atoms with van der Waals surface area (Å²) in [5.41, 5.74) is 0. The van der Waals surface area contributed by atoms with Crippen molar-refractivity contribution >= 4 is 16.3 Å². The van der Waals surface area contributed by atoms with Gasteiger partial charge in [-0.2, -0.15) is 0 Å². The summed E-state index contributed by atoms with van der Waals surface area (Å²) in [4.78, 5) is 10.9. The second-order valence-electron chi connectivity index (χ2n) is 1.48. The molecule has 0 saturated carbocycles. The Hall–Kier alpha value is -0.700. The minimum absolute atomic E-state index is 0.558. The minimum Gasteiger partial charge on any atom is -0.144 e. The fraction of sp³-hybridized carbons (Fsp3) is 0.200. The lowest BCUT2D eigenvalue weighted by Gasteiger charge is -1.70. The first-order chi connectivity index (χ1) is 3.83. The van der Waals surface area contributed by atoms with Gasteiger partial charge in [-0.25, -0.2) is 0 Å². The van der Waals surface area contributed by atoms with Crippen molar-refractivity contribution in [2.75, 3.05) is 0 Å². The second-order valence-corrected chi connectivity index (χ2v) is 2.74. The van der Waals surface area contributed by atoms with Crippen LogP contribution in [0.2, 0.25) is 0 Å². The van der Waals surface area contributed by atoms with Crippen molar-refractivity contribution < 1.29 is 0 Å². The molecule has 0 bridgehead atoms. The Morgan fingerprint density at radius 3 is 2.62 bits per heavy atom. The van der Waals surface area contributed by atoms with Crippen LogP contribution in [-0.2, 0) is 0 Å². The lowest BCUT2D eigenvalue weighted by Crippen LogP contribution is -1.43. The van der Waals surface area contributed by atoms with Gasteiger partial charge in [-0.05, 0) is 24.2 Å². The Balaban J connectivity index is 3.00. The summed E-state index contributed by atoms with van der Waals surface area (Å²) in [6, 6.07) is 3.59. The van der Waals surface area contributed by atoms with Crippen LogP contribution in [0.25, 0.3) is 0 Å². The van der Waals surface area contributed by atoms with Gasteiger partial charge in [0.25, 0.3) is 0 Å². The van der Waals surface area contributed by atoms with E-state index in [9.17, 15) is 4.91 Å². The van der Waals surface area contributed by atoms with Gasteiger partial charge >= 0.3 is 0 Å². The van der Waals surface area contributed by atoms with E-state index in [1.807, 2.05) is 13.0 Å². The van der Waals surface area contributed by atoms with Gasteiger partial charge in [-0.1, -0.05) is 0 Å². The summed E-state index contributed by atoms with van der Waals surface area (Å²) in [5.74, 6) is 0. The summed E-state index contributed by atoms with van der Waals surface area (Å²) >= 11 is 1.41. The number of aryl methyl sites for hydroxylation is 1. The van der Waals surface area contributed by atoms with Crippen LogP contribution in [0.3, 0.4) is 0 Å². The van der Waals surface area contributed by atoms with Crippen LogP contribution < -0.4 is 0 Å². The highest BCUT2D eigenvalue weighted by Gasteiger charge is 1.91. The Morgan fingerprint density at radius 1 is 1.62 bits per heavy atom. The zero-order chi connectivity index (χ0) is 5.98. The van der Waals surface area contributed by atoms with Crippen molar-refractivity contribution in [3.8, 4) is 0 Å². The van der Waals surface area contributed by atoms with E-state index in [4.69, 9.17) is 0 Å². The van der Waals surface area contributed by atoms with Gasteiger partial charge in [0, 0.05) is 4.88 Å². The normalized spacial score (nSPS) is 9.12. The van der Waals surface area contributed by atoms with E-state index in [-0.39, 0.29) is 0 Å². The molecule has 1 heterocycles. The monoisotopic (exact) mass is 127 g/mol. The molecule has 1 aromatic heterocycles. The molecule has 3 heteroatoms. The maximum absolute atomic E-state index is 9.78. The van der Waals surface area contributed by atoms with Gasteiger partial charge in [0.2, 0.25) is 0 Å². The summed E-state index contributed by atoms with van der Waals surface area (Å²) in [7, 11) is 0. The predicted octanol–water partition coefficient (Wildman–Crippen LogP) is 2.45. The average molecular weight is 127 g/mol. The number of nitrogens with zero attached hydrogens (tertiary/aromatic N) is 1. The topological polar surface area (TPSA) is 29.4 Å². The highest BCUT2D eigenvalue weighted by atomic mass is 32.1. The predicted molar refractivity (Wildman–Crippen MR) is 34.5 cm³/mol. The van der Waals surface area contributed by atoms with E-state index in [0.717, 1.165) is 4.88 Å². The molecule has 0 saturated heterocycles. The zero-order valence-electron chi connectivity index (χ0n) is 4.42. The molecule has 0 spiro atoms. The highest BCUT2D eigenvalue weighted by Crippen LogP contribution is 2.22. The van der Waals surface area contributed by atoms with Gasteiger partial charge in [-0.3, -0.25) is 0 Å². The first-order valence-corrected chi connectivity index (χ1v) is 3.04. The van der Waals surface area contributed by atoms with Crippen LogP contribution in [0, 0.1) is 11.8 Å². The van der Waals surface area contributed by atoms with E-state index >= 15 is 0 Å². The number of rotatable bonds is 1. The smallest absolute Gasteiger partial charge is 0.144 e. The first kappa shape index (κ1) is 5.44. The van der Waals surface area contributed by atoms with Crippen LogP contribution in [0.4, 0.5) is 5.00 Å². The highest BCUT2D eigenvalue weighted by molar-refractivity contribution is 7.15. The van der Waals surface area contributed by atoms with E-state index in [0.29, 0.717) is 5.00 Å². The molecular weight excluding hydrogens is 122 g/mol. The third-order valence-electron chi connectivity index (χ3n) is 0.816. The molecular formula is C5H5NOS. The summed E-state index contributed by atoms with van der Waals surface area (Å²) in [5, 5.41) is 3.32. The van der Waals surface area contributed by atoms with Crippen LogP contribution in [-0.4, -0.2) is 0 Å². The number of nitroso groups, excluding NO2 is 1. The lowest BCUT2D eigenvalue weighted by molar-refractivity contribution is 1.59. The van der Waals surface area contributed by atoms with Crippen molar-refractivity contribution in [3.05, 3.63) is 21.9 Å². The molecule has 1 aromatic rings. The Kier molecular flexibility index (Phi) is 1.39. The first-order valence-electron chi connectivity index (χ1n) is 2.23. The fourth-order valence-corrected chi connectivity index (χ4v) is 1.11. The van der Waals surface area contributed by atoms with Crippen molar-refractivity contribution in [2.45, 2.75) is 6.92 Å². The molecule has 0 radical (unpaired) electrons. The number of hydrogen-bond donors (Lipinski definition) is 0.